The second-order valence-corrected chi connectivity index (χ2v) is 3.78. The molecular formula is C12H10F3N3O. The van der Waals surface area contributed by atoms with Gasteiger partial charge in [-0.1, -0.05) is 0 Å². The van der Waals surface area contributed by atoms with E-state index in [-0.39, 0.29) is 6.54 Å². The lowest BCUT2D eigenvalue weighted by Gasteiger charge is -2.07. The fourth-order valence-corrected chi connectivity index (χ4v) is 1.51. The van der Waals surface area contributed by atoms with E-state index in [2.05, 4.69) is 10.3 Å². The summed E-state index contributed by atoms with van der Waals surface area (Å²) in [5.74, 6) is -5.26. The third-order valence-electron chi connectivity index (χ3n) is 2.49. The second kappa shape index (κ2) is 5.55. The van der Waals surface area contributed by atoms with Crippen LogP contribution in [0.4, 0.5) is 13.2 Å². The molecule has 0 saturated carbocycles. The number of nitrogens with one attached hydrogen (secondary N) is 1. The number of halogens is 3. The Morgan fingerprint density at radius 1 is 1.26 bits per heavy atom. The summed E-state index contributed by atoms with van der Waals surface area (Å²) in [6, 6.07) is 1.61. The SMILES string of the molecule is O=C(NCCn1ccnc1)c1ccc(F)c(F)c1F. The highest BCUT2D eigenvalue weighted by molar-refractivity contribution is 5.94. The first-order valence-corrected chi connectivity index (χ1v) is 5.47. The molecule has 2 rings (SSSR count). The van der Waals surface area contributed by atoms with E-state index in [1.165, 1.54) is 0 Å². The van der Waals surface area contributed by atoms with Gasteiger partial charge in [0.15, 0.2) is 17.5 Å². The number of benzene rings is 1. The summed E-state index contributed by atoms with van der Waals surface area (Å²) in [5, 5.41) is 2.41. The highest BCUT2D eigenvalue weighted by Crippen LogP contribution is 2.14. The van der Waals surface area contributed by atoms with E-state index in [0.29, 0.717) is 12.6 Å². The van der Waals surface area contributed by atoms with Crippen molar-refractivity contribution in [2.24, 2.45) is 0 Å². The van der Waals surface area contributed by atoms with Crippen molar-refractivity contribution in [2.75, 3.05) is 6.54 Å². The lowest BCUT2D eigenvalue weighted by atomic mass is 10.2. The molecule has 0 unspecified atom stereocenters. The largest absolute Gasteiger partial charge is 0.350 e. The molecule has 0 saturated heterocycles. The van der Waals surface area contributed by atoms with Gasteiger partial charge >= 0.3 is 0 Å². The average molecular weight is 269 g/mol. The average Bonchev–Trinajstić information content (AvgIpc) is 2.89. The molecule has 19 heavy (non-hydrogen) atoms. The van der Waals surface area contributed by atoms with Crippen molar-refractivity contribution < 1.29 is 18.0 Å². The summed E-state index contributed by atoms with van der Waals surface area (Å²) in [7, 11) is 0. The lowest BCUT2D eigenvalue weighted by Crippen LogP contribution is -2.28. The van der Waals surface area contributed by atoms with Crippen molar-refractivity contribution in [1.82, 2.24) is 14.9 Å². The molecule has 7 heteroatoms. The van der Waals surface area contributed by atoms with Gasteiger partial charge in [-0.2, -0.15) is 0 Å². The van der Waals surface area contributed by atoms with E-state index in [0.717, 1.165) is 6.07 Å². The molecule has 0 radical (unpaired) electrons. The molecular weight excluding hydrogens is 259 g/mol. The minimum Gasteiger partial charge on any atom is -0.350 e. The Balaban J connectivity index is 1.98. The van der Waals surface area contributed by atoms with Crippen LogP contribution in [-0.2, 0) is 6.54 Å². The molecule has 1 heterocycles. The zero-order valence-electron chi connectivity index (χ0n) is 9.74. The maximum atomic E-state index is 13.3. The van der Waals surface area contributed by atoms with Crippen LogP contribution in [-0.4, -0.2) is 22.0 Å². The normalized spacial score (nSPS) is 10.5. The fraction of sp³-hybridized carbons (Fsp3) is 0.167. The van der Waals surface area contributed by atoms with Crippen molar-refractivity contribution in [3.8, 4) is 0 Å². The van der Waals surface area contributed by atoms with Gasteiger partial charge in [-0.25, -0.2) is 18.2 Å². The molecule has 1 aromatic heterocycles. The second-order valence-electron chi connectivity index (χ2n) is 3.78. The van der Waals surface area contributed by atoms with Crippen LogP contribution in [0.15, 0.2) is 30.9 Å². The van der Waals surface area contributed by atoms with Gasteiger partial charge in [0.1, 0.15) is 0 Å². The number of amides is 1. The van der Waals surface area contributed by atoms with E-state index in [4.69, 9.17) is 0 Å². The molecule has 0 spiro atoms. The smallest absolute Gasteiger partial charge is 0.254 e. The Hall–Kier alpha value is -2.31. The van der Waals surface area contributed by atoms with E-state index in [9.17, 15) is 18.0 Å². The maximum Gasteiger partial charge on any atom is 0.254 e. The molecule has 100 valence electrons. The molecule has 4 nitrogen and oxygen atoms in total. The highest BCUT2D eigenvalue weighted by atomic mass is 19.2. The number of aromatic nitrogens is 2. The number of nitrogens with zero attached hydrogens (tertiary/aromatic N) is 2. The van der Waals surface area contributed by atoms with E-state index in [1.807, 2.05) is 0 Å². The molecule has 1 amide bonds. The number of carbonyl (C=O) groups is 1. The molecule has 0 aliphatic rings. The molecule has 0 fully saturated rings. The number of imidazole rings is 1. The van der Waals surface area contributed by atoms with Crippen LogP contribution < -0.4 is 5.32 Å². The quantitative estimate of drug-likeness (QED) is 0.859. The number of carbonyl (C=O) groups excluding carboxylic acids is 1. The summed E-state index contributed by atoms with van der Waals surface area (Å²) in [4.78, 5) is 15.4. The number of hydrogen-bond acceptors (Lipinski definition) is 2. The van der Waals surface area contributed by atoms with Crippen molar-refractivity contribution in [2.45, 2.75) is 6.54 Å². The molecule has 1 aromatic carbocycles. The predicted molar refractivity (Wildman–Crippen MR) is 60.9 cm³/mol. The van der Waals surface area contributed by atoms with Gasteiger partial charge in [0.05, 0.1) is 11.9 Å². The molecule has 0 atom stereocenters. The van der Waals surface area contributed by atoms with Crippen LogP contribution in [0.2, 0.25) is 0 Å². The highest BCUT2D eigenvalue weighted by Gasteiger charge is 2.18. The topological polar surface area (TPSA) is 46.9 Å². The van der Waals surface area contributed by atoms with Crippen LogP contribution in [0.5, 0.6) is 0 Å². The van der Waals surface area contributed by atoms with Crippen molar-refractivity contribution in [3.05, 3.63) is 53.9 Å². The summed E-state index contributed by atoms with van der Waals surface area (Å²) >= 11 is 0. The van der Waals surface area contributed by atoms with Gasteiger partial charge in [0.25, 0.3) is 5.91 Å². The van der Waals surface area contributed by atoms with E-state index < -0.39 is 28.9 Å². The summed E-state index contributed by atoms with van der Waals surface area (Å²) in [6.07, 6.45) is 4.84. The van der Waals surface area contributed by atoms with E-state index >= 15 is 0 Å². The molecule has 2 aromatic rings. The van der Waals surface area contributed by atoms with Gasteiger partial charge in [-0.3, -0.25) is 4.79 Å². The monoisotopic (exact) mass is 269 g/mol. The summed E-state index contributed by atoms with van der Waals surface area (Å²) < 4.78 is 40.7. The Bertz CT molecular complexity index is 584. The Morgan fingerprint density at radius 3 is 2.74 bits per heavy atom. The molecule has 0 aliphatic heterocycles. The van der Waals surface area contributed by atoms with Gasteiger partial charge in [-0.05, 0) is 12.1 Å². The number of hydrogen-bond donors (Lipinski definition) is 1. The van der Waals surface area contributed by atoms with Crippen LogP contribution >= 0.6 is 0 Å². The number of rotatable bonds is 4. The zero-order chi connectivity index (χ0) is 13.8. The van der Waals surface area contributed by atoms with Gasteiger partial charge in [-0.15, -0.1) is 0 Å². The maximum absolute atomic E-state index is 13.3. The van der Waals surface area contributed by atoms with Crippen LogP contribution in [0, 0.1) is 17.5 Å². The first-order chi connectivity index (χ1) is 9.09. The Labute approximate surface area is 106 Å². The van der Waals surface area contributed by atoms with Crippen molar-refractivity contribution in [3.63, 3.8) is 0 Å². The first kappa shape index (κ1) is 13.1. The minimum atomic E-state index is -1.65. The van der Waals surface area contributed by atoms with Crippen molar-refractivity contribution >= 4 is 5.91 Å². The van der Waals surface area contributed by atoms with Crippen LogP contribution in [0.3, 0.4) is 0 Å². The molecule has 1 N–H and O–H groups in total. The van der Waals surface area contributed by atoms with Crippen LogP contribution in [0.1, 0.15) is 10.4 Å². The Kier molecular flexibility index (Phi) is 3.84. The fourth-order valence-electron chi connectivity index (χ4n) is 1.51. The van der Waals surface area contributed by atoms with Gasteiger partial charge in [0, 0.05) is 25.5 Å². The van der Waals surface area contributed by atoms with Crippen molar-refractivity contribution in [1.29, 1.82) is 0 Å². The Morgan fingerprint density at radius 2 is 2.05 bits per heavy atom. The minimum absolute atomic E-state index is 0.216. The zero-order valence-corrected chi connectivity index (χ0v) is 9.74. The standard InChI is InChI=1S/C12H10F3N3O/c13-9-2-1-8(10(14)11(9)15)12(19)17-4-6-18-5-3-16-7-18/h1-3,5,7H,4,6H2,(H,17,19). The van der Waals surface area contributed by atoms with Gasteiger partial charge < -0.3 is 9.88 Å². The lowest BCUT2D eigenvalue weighted by molar-refractivity contribution is 0.0947. The van der Waals surface area contributed by atoms with Gasteiger partial charge in [0.2, 0.25) is 0 Å². The van der Waals surface area contributed by atoms with Crippen LogP contribution in [0.25, 0.3) is 0 Å². The third kappa shape index (κ3) is 2.93. The molecule has 0 aliphatic carbocycles. The first-order valence-electron chi connectivity index (χ1n) is 5.47. The summed E-state index contributed by atoms with van der Waals surface area (Å²) in [5.41, 5.74) is -0.524. The summed E-state index contributed by atoms with van der Waals surface area (Å²) in [6.45, 7) is 0.657. The molecule has 0 bridgehead atoms. The predicted octanol–water partition coefficient (Wildman–Crippen LogP) is 1.73. The van der Waals surface area contributed by atoms with E-state index in [1.54, 1.807) is 23.3 Å². The third-order valence-corrected chi connectivity index (χ3v) is 2.49.